The van der Waals surface area contributed by atoms with Crippen LogP contribution in [0.2, 0.25) is 0 Å². The summed E-state index contributed by atoms with van der Waals surface area (Å²) < 4.78 is 50.9. The molecule has 9 atom stereocenters. The van der Waals surface area contributed by atoms with Gasteiger partial charge in [0.25, 0.3) is 0 Å². The van der Waals surface area contributed by atoms with Crippen molar-refractivity contribution < 1.29 is 42.5 Å². The van der Waals surface area contributed by atoms with E-state index in [-0.39, 0.29) is 30.8 Å². The molecule has 0 aromatic heterocycles. The average Bonchev–Trinajstić information content (AvgIpc) is 3.59. The van der Waals surface area contributed by atoms with Crippen LogP contribution < -0.4 is 0 Å². The number of carbonyl (C=O) groups is 3. The Kier molecular flexibility index (Phi) is 5.18. The van der Waals surface area contributed by atoms with Gasteiger partial charge in [0.15, 0.2) is 29.4 Å². The van der Waals surface area contributed by atoms with Gasteiger partial charge in [-0.05, 0) is 76.5 Å². The topological polar surface area (TPSA) is 99.1 Å². The van der Waals surface area contributed by atoms with E-state index in [4.69, 9.17) is 14.2 Å². The molecule has 0 bridgehead atoms. The second-order valence-corrected chi connectivity index (χ2v) is 12.7. The van der Waals surface area contributed by atoms with Gasteiger partial charge in [0.2, 0.25) is 5.78 Å². The molecule has 7 nitrogen and oxygen atoms in total. The van der Waals surface area contributed by atoms with Crippen LogP contribution in [0, 0.1) is 28.6 Å². The van der Waals surface area contributed by atoms with Gasteiger partial charge in [-0.1, -0.05) is 13.0 Å². The second-order valence-electron chi connectivity index (χ2n) is 12.7. The van der Waals surface area contributed by atoms with Crippen LogP contribution in [0.3, 0.4) is 0 Å². The molecule has 9 heteroatoms. The number of ether oxygens (including phenoxy) is 3. The van der Waals surface area contributed by atoms with Crippen LogP contribution in [0.5, 0.6) is 0 Å². The number of allylic oxidation sites excluding steroid dienone is 4. The summed E-state index contributed by atoms with van der Waals surface area (Å²) in [5, 5.41) is 11.5. The van der Waals surface area contributed by atoms with Gasteiger partial charge in [-0.3, -0.25) is 14.4 Å². The van der Waals surface area contributed by atoms with Crippen molar-refractivity contribution in [3.63, 3.8) is 0 Å². The number of esters is 1. The SMILES string of the molecule is CC1(C)O[C@@H]2C[C@@H]3[C@@H]4C[C@H](F)C5=CC(=O)C=C[C@]5(C)[C@@]4(F)[C@H](O)C[C@]3(C)[C@]2(C(=O)COC(=O)C2CC2)O1. The van der Waals surface area contributed by atoms with Crippen molar-refractivity contribution in [1.82, 2.24) is 0 Å². The van der Waals surface area contributed by atoms with Crippen molar-refractivity contribution in [2.45, 2.75) is 95.2 Å². The Bertz CT molecular complexity index is 1140. The lowest BCUT2D eigenvalue weighted by atomic mass is 9.44. The predicted octanol–water partition coefficient (Wildman–Crippen LogP) is 3.33. The molecular weight excluding hydrogens is 486 g/mol. The highest BCUT2D eigenvalue weighted by atomic mass is 19.1. The number of alkyl halides is 2. The summed E-state index contributed by atoms with van der Waals surface area (Å²) >= 11 is 0. The Morgan fingerprint density at radius 3 is 2.54 bits per heavy atom. The van der Waals surface area contributed by atoms with Crippen molar-refractivity contribution in [1.29, 1.82) is 0 Å². The lowest BCUT2D eigenvalue weighted by Gasteiger charge is -2.63. The third-order valence-corrected chi connectivity index (χ3v) is 10.3. The van der Waals surface area contributed by atoms with E-state index in [1.165, 1.54) is 19.1 Å². The summed E-state index contributed by atoms with van der Waals surface area (Å²) in [5.41, 5.74) is -6.43. The maximum atomic E-state index is 17.4. The highest BCUT2D eigenvalue weighted by Crippen LogP contribution is 2.72. The average molecular weight is 521 g/mol. The van der Waals surface area contributed by atoms with Gasteiger partial charge in [0, 0.05) is 16.7 Å². The molecule has 6 rings (SSSR count). The molecule has 5 aliphatic carbocycles. The third-order valence-electron chi connectivity index (χ3n) is 10.3. The number of Topliss-reactive ketones (excluding diaryl/α,β-unsaturated/α-hetero) is 1. The first-order chi connectivity index (χ1) is 17.2. The predicted molar refractivity (Wildman–Crippen MR) is 125 cm³/mol. The first-order valence-electron chi connectivity index (χ1n) is 13.2. The van der Waals surface area contributed by atoms with Crippen molar-refractivity contribution in [2.75, 3.05) is 6.61 Å². The molecule has 0 aromatic carbocycles. The fourth-order valence-electron chi connectivity index (χ4n) is 8.48. The van der Waals surface area contributed by atoms with E-state index in [2.05, 4.69) is 0 Å². The molecule has 5 fully saturated rings. The Balaban J connectivity index is 1.41. The number of rotatable bonds is 4. The van der Waals surface area contributed by atoms with Crippen molar-refractivity contribution in [3.05, 3.63) is 23.8 Å². The van der Waals surface area contributed by atoms with Crippen LogP contribution >= 0.6 is 0 Å². The molecule has 202 valence electrons. The first-order valence-corrected chi connectivity index (χ1v) is 13.2. The van der Waals surface area contributed by atoms with Gasteiger partial charge in [-0.25, -0.2) is 8.78 Å². The number of hydrogen-bond donors (Lipinski definition) is 1. The van der Waals surface area contributed by atoms with Crippen LogP contribution in [-0.4, -0.2) is 64.7 Å². The molecule has 0 radical (unpaired) electrons. The lowest BCUT2D eigenvalue weighted by molar-refractivity contribution is -0.249. The first kappa shape index (κ1) is 25.3. The van der Waals surface area contributed by atoms with Crippen LogP contribution in [0.1, 0.15) is 59.8 Å². The van der Waals surface area contributed by atoms with E-state index < -0.39 is 82.2 Å². The molecule has 1 saturated heterocycles. The van der Waals surface area contributed by atoms with Gasteiger partial charge in [0.05, 0.1) is 18.1 Å². The number of carbonyl (C=O) groups excluding carboxylic acids is 3. The summed E-state index contributed by atoms with van der Waals surface area (Å²) in [6.07, 6.45) is 1.20. The number of aliphatic hydroxyl groups excluding tert-OH is 1. The van der Waals surface area contributed by atoms with Crippen LogP contribution in [-0.2, 0) is 28.6 Å². The summed E-state index contributed by atoms with van der Waals surface area (Å²) in [7, 11) is 0. The zero-order chi connectivity index (χ0) is 26.8. The van der Waals surface area contributed by atoms with Gasteiger partial charge < -0.3 is 19.3 Å². The van der Waals surface area contributed by atoms with Crippen molar-refractivity contribution in [3.8, 4) is 0 Å². The van der Waals surface area contributed by atoms with E-state index in [1.54, 1.807) is 20.8 Å². The molecule has 0 unspecified atom stereocenters. The molecule has 4 saturated carbocycles. The Morgan fingerprint density at radius 1 is 1.16 bits per heavy atom. The Hall–Kier alpha value is -1.97. The molecule has 37 heavy (non-hydrogen) atoms. The fraction of sp³-hybridized carbons (Fsp3) is 0.750. The van der Waals surface area contributed by atoms with E-state index in [9.17, 15) is 19.5 Å². The quantitative estimate of drug-likeness (QED) is 0.568. The fourth-order valence-corrected chi connectivity index (χ4v) is 8.48. The second kappa shape index (κ2) is 7.57. The molecular formula is C28H34F2O7. The van der Waals surface area contributed by atoms with E-state index >= 15 is 8.78 Å². The zero-order valence-corrected chi connectivity index (χ0v) is 21.6. The number of fused-ring (bicyclic) bond motifs is 7. The van der Waals surface area contributed by atoms with Crippen molar-refractivity contribution in [2.24, 2.45) is 28.6 Å². The summed E-state index contributed by atoms with van der Waals surface area (Å²) in [6, 6.07) is 0. The van der Waals surface area contributed by atoms with Crippen molar-refractivity contribution >= 4 is 17.5 Å². The minimum absolute atomic E-state index is 0.0472. The molecule has 1 heterocycles. The highest BCUT2D eigenvalue weighted by Gasteiger charge is 2.80. The summed E-state index contributed by atoms with van der Waals surface area (Å²) in [5.74, 6) is -4.16. The number of halogens is 2. The maximum absolute atomic E-state index is 17.4. The number of hydrogen-bond acceptors (Lipinski definition) is 7. The molecule has 6 aliphatic rings. The largest absolute Gasteiger partial charge is 0.457 e. The Morgan fingerprint density at radius 2 is 1.86 bits per heavy atom. The van der Waals surface area contributed by atoms with E-state index in [0.717, 1.165) is 18.9 Å². The van der Waals surface area contributed by atoms with E-state index in [1.807, 2.05) is 0 Å². The monoisotopic (exact) mass is 520 g/mol. The zero-order valence-electron chi connectivity index (χ0n) is 21.6. The summed E-state index contributed by atoms with van der Waals surface area (Å²) in [6.45, 7) is 6.20. The number of aliphatic hydroxyl groups is 1. The molecule has 0 aromatic rings. The smallest absolute Gasteiger partial charge is 0.309 e. The van der Waals surface area contributed by atoms with Crippen LogP contribution in [0.25, 0.3) is 0 Å². The minimum Gasteiger partial charge on any atom is -0.457 e. The van der Waals surface area contributed by atoms with E-state index in [0.29, 0.717) is 0 Å². The lowest BCUT2D eigenvalue weighted by Crippen LogP contribution is -2.71. The maximum Gasteiger partial charge on any atom is 0.309 e. The van der Waals surface area contributed by atoms with Gasteiger partial charge in [0.1, 0.15) is 6.17 Å². The van der Waals surface area contributed by atoms with Crippen LogP contribution in [0.4, 0.5) is 8.78 Å². The van der Waals surface area contributed by atoms with Gasteiger partial charge in [-0.2, -0.15) is 0 Å². The molecule has 0 spiro atoms. The van der Waals surface area contributed by atoms with Crippen LogP contribution in [0.15, 0.2) is 23.8 Å². The van der Waals surface area contributed by atoms with Gasteiger partial charge >= 0.3 is 5.97 Å². The molecule has 1 aliphatic heterocycles. The molecule has 1 N–H and O–H groups in total. The standard InChI is InChI=1S/C28H34F2O7/c1-24(2)36-22-11-16-17-10-19(29)18-9-15(31)7-8-25(18,3)27(17,30)20(32)12-26(16,4)28(22,37-24)21(33)13-35-23(34)14-5-6-14/h7-9,14,16-17,19-20,22,32H,5-6,10-13H2,1-4H3/t16-,17+,19+,20-,22-,25+,26+,27+,28-/m1/s1. The molecule has 0 amide bonds. The minimum atomic E-state index is -2.26. The Labute approximate surface area is 214 Å². The van der Waals surface area contributed by atoms with Gasteiger partial charge in [-0.15, -0.1) is 0 Å². The number of ketones is 2. The highest BCUT2D eigenvalue weighted by molar-refractivity contribution is 6.01. The summed E-state index contributed by atoms with van der Waals surface area (Å²) in [4.78, 5) is 38.1. The normalized spacial score (nSPS) is 49.4. The third kappa shape index (κ3) is 3.11.